The maximum atomic E-state index is 13.0. The van der Waals surface area contributed by atoms with Gasteiger partial charge in [0.1, 0.15) is 11.8 Å². The lowest BCUT2D eigenvalue weighted by Gasteiger charge is -2.37. The Morgan fingerprint density at radius 2 is 1.47 bits per heavy atom. The number of carbonyl (C=O) groups is 3. The molecule has 0 aliphatic rings. The predicted molar refractivity (Wildman–Crippen MR) is 137 cm³/mol. The molecule has 0 heterocycles. The van der Waals surface area contributed by atoms with Crippen molar-refractivity contribution in [2.45, 2.75) is 118 Å². The van der Waals surface area contributed by atoms with Crippen molar-refractivity contribution >= 4 is 18.2 Å². The molecule has 0 aromatic rings. The van der Waals surface area contributed by atoms with Crippen LogP contribution in [0.25, 0.3) is 0 Å². The van der Waals surface area contributed by atoms with Gasteiger partial charge in [0.05, 0.1) is 12.2 Å². The van der Waals surface area contributed by atoms with Gasteiger partial charge >= 0.3 is 6.03 Å². The van der Waals surface area contributed by atoms with E-state index in [4.69, 9.17) is 9.47 Å². The van der Waals surface area contributed by atoms with Gasteiger partial charge in [0.25, 0.3) is 0 Å². The summed E-state index contributed by atoms with van der Waals surface area (Å²) < 4.78 is 11.6. The number of nitrogens with zero attached hydrogens (tertiary/aromatic N) is 1. The van der Waals surface area contributed by atoms with Crippen LogP contribution in [0.1, 0.15) is 94.4 Å². The topological polar surface area (TPSA) is 97.0 Å². The molecule has 8 nitrogen and oxygen atoms in total. The fourth-order valence-electron chi connectivity index (χ4n) is 3.10. The molecule has 0 fully saturated rings. The monoisotopic (exact) mass is 485 g/mol. The first-order chi connectivity index (χ1) is 15.6. The van der Waals surface area contributed by atoms with Crippen LogP contribution in [0, 0.1) is 5.41 Å². The number of hydrogen-bond donors (Lipinski definition) is 2. The van der Waals surface area contributed by atoms with Crippen LogP contribution < -0.4 is 10.6 Å². The highest BCUT2D eigenvalue weighted by Crippen LogP contribution is 2.18. The maximum absolute atomic E-state index is 13.0. The Hall–Kier alpha value is -1.67. The number of ether oxygens (including phenoxy) is 2. The van der Waals surface area contributed by atoms with Crippen molar-refractivity contribution in [1.29, 1.82) is 0 Å². The average Bonchev–Trinajstić information content (AvgIpc) is 2.72. The Labute approximate surface area is 207 Å². The highest BCUT2D eigenvalue weighted by molar-refractivity contribution is 5.90. The zero-order valence-corrected chi connectivity index (χ0v) is 23.4. The van der Waals surface area contributed by atoms with Crippen LogP contribution >= 0.6 is 0 Å². The number of hydrogen-bond acceptors (Lipinski definition) is 5. The predicted octanol–water partition coefficient (Wildman–Crippen LogP) is 4.31. The lowest BCUT2D eigenvalue weighted by molar-refractivity contribution is -0.131. The van der Waals surface area contributed by atoms with Gasteiger partial charge in [-0.15, -0.1) is 0 Å². The molecule has 2 unspecified atom stereocenters. The molecular weight excluding hydrogens is 434 g/mol. The Morgan fingerprint density at radius 3 is 2.00 bits per heavy atom. The van der Waals surface area contributed by atoms with E-state index in [2.05, 4.69) is 24.5 Å². The molecule has 8 heteroatoms. The molecule has 0 rings (SSSR count). The molecule has 0 saturated carbocycles. The minimum absolute atomic E-state index is 0.0487. The number of nitrogens with one attached hydrogen (secondary N) is 2. The quantitative estimate of drug-likeness (QED) is 0.299. The van der Waals surface area contributed by atoms with E-state index in [0.717, 1.165) is 19.1 Å². The van der Waals surface area contributed by atoms with Gasteiger partial charge in [0.15, 0.2) is 0 Å². The van der Waals surface area contributed by atoms with Gasteiger partial charge < -0.3 is 29.8 Å². The standard InChI is InChI=1S/C26H51N3O5/c1-11-12-20(2)34-18-15-25(6,7)28-22(31)26(8,9)29(10)23(32)27-16-13-21(3)33-17-14-24(4,5)19-30/h19-21H,11-18H2,1-10H3,(H,27,32)(H,28,31). The highest BCUT2D eigenvalue weighted by Gasteiger charge is 2.37. The second-order valence-electron chi connectivity index (χ2n) is 11.2. The molecule has 2 atom stereocenters. The molecule has 3 amide bonds. The molecule has 34 heavy (non-hydrogen) atoms. The van der Waals surface area contributed by atoms with E-state index in [0.29, 0.717) is 39.0 Å². The number of amides is 3. The zero-order chi connectivity index (χ0) is 26.6. The minimum atomic E-state index is -1.03. The zero-order valence-electron chi connectivity index (χ0n) is 23.4. The first-order valence-corrected chi connectivity index (χ1v) is 12.6. The number of aldehydes is 1. The van der Waals surface area contributed by atoms with Crippen LogP contribution in [-0.2, 0) is 19.1 Å². The number of urea groups is 1. The van der Waals surface area contributed by atoms with E-state index in [-0.39, 0.29) is 24.1 Å². The lowest BCUT2D eigenvalue weighted by Crippen LogP contribution is -2.61. The second-order valence-corrected chi connectivity index (χ2v) is 11.2. The Morgan fingerprint density at radius 1 is 0.941 bits per heavy atom. The van der Waals surface area contributed by atoms with Crippen LogP contribution in [0.3, 0.4) is 0 Å². The van der Waals surface area contributed by atoms with Gasteiger partial charge in [0.2, 0.25) is 5.91 Å². The third-order valence-electron chi connectivity index (χ3n) is 6.27. The molecule has 0 aliphatic heterocycles. The molecule has 0 radical (unpaired) electrons. The van der Waals surface area contributed by atoms with Crippen LogP contribution in [0.15, 0.2) is 0 Å². The molecule has 0 aromatic heterocycles. The van der Waals surface area contributed by atoms with Gasteiger partial charge in [-0.2, -0.15) is 0 Å². The Kier molecular flexibility index (Phi) is 13.9. The van der Waals surface area contributed by atoms with E-state index in [9.17, 15) is 14.4 Å². The molecule has 0 spiro atoms. The van der Waals surface area contributed by atoms with Crippen LogP contribution in [0.4, 0.5) is 4.79 Å². The molecule has 0 saturated heterocycles. The highest BCUT2D eigenvalue weighted by atomic mass is 16.5. The number of carbonyl (C=O) groups excluding carboxylic acids is 3. The third-order valence-corrected chi connectivity index (χ3v) is 6.27. The molecule has 200 valence electrons. The first-order valence-electron chi connectivity index (χ1n) is 12.6. The summed E-state index contributed by atoms with van der Waals surface area (Å²) in [5.41, 5.74) is -1.87. The first kappa shape index (κ1) is 32.3. The summed E-state index contributed by atoms with van der Waals surface area (Å²) >= 11 is 0. The van der Waals surface area contributed by atoms with Crippen LogP contribution in [0.2, 0.25) is 0 Å². The SMILES string of the molecule is CCCC(C)OCCC(C)(C)NC(=O)C(C)(C)N(C)C(=O)NCCC(C)OCCC(C)(C)C=O. The molecule has 2 N–H and O–H groups in total. The van der Waals surface area contributed by atoms with Crippen molar-refractivity contribution in [3.63, 3.8) is 0 Å². The van der Waals surface area contributed by atoms with Crippen molar-refractivity contribution < 1.29 is 23.9 Å². The maximum Gasteiger partial charge on any atom is 0.318 e. The van der Waals surface area contributed by atoms with Gasteiger partial charge in [0, 0.05) is 37.8 Å². The Balaban J connectivity index is 4.54. The third kappa shape index (κ3) is 12.7. The molecule has 0 bridgehead atoms. The smallest absolute Gasteiger partial charge is 0.318 e. The largest absolute Gasteiger partial charge is 0.378 e. The van der Waals surface area contributed by atoms with Gasteiger partial charge in [-0.1, -0.05) is 27.2 Å². The van der Waals surface area contributed by atoms with Crippen molar-refractivity contribution in [3.8, 4) is 0 Å². The van der Waals surface area contributed by atoms with Crippen molar-refractivity contribution in [2.24, 2.45) is 5.41 Å². The van der Waals surface area contributed by atoms with Gasteiger partial charge in [-0.25, -0.2) is 4.79 Å². The number of rotatable bonds is 17. The molecular formula is C26H51N3O5. The van der Waals surface area contributed by atoms with E-state index in [1.807, 2.05) is 34.6 Å². The fourth-order valence-corrected chi connectivity index (χ4v) is 3.10. The van der Waals surface area contributed by atoms with E-state index < -0.39 is 16.5 Å². The van der Waals surface area contributed by atoms with Crippen molar-refractivity contribution in [3.05, 3.63) is 0 Å². The van der Waals surface area contributed by atoms with Crippen molar-refractivity contribution in [2.75, 3.05) is 26.8 Å². The Bertz CT molecular complexity index is 634. The minimum Gasteiger partial charge on any atom is -0.378 e. The fraction of sp³-hybridized carbons (Fsp3) is 0.885. The van der Waals surface area contributed by atoms with E-state index in [1.54, 1.807) is 20.9 Å². The van der Waals surface area contributed by atoms with E-state index in [1.165, 1.54) is 4.90 Å². The van der Waals surface area contributed by atoms with Gasteiger partial charge in [-0.05, 0) is 67.2 Å². The van der Waals surface area contributed by atoms with E-state index >= 15 is 0 Å². The normalized spacial score (nSPS) is 14.3. The average molecular weight is 486 g/mol. The molecule has 0 aliphatic carbocycles. The van der Waals surface area contributed by atoms with Crippen LogP contribution in [-0.4, -0.2) is 73.2 Å². The van der Waals surface area contributed by atoms with Crippen LogP contribution in [0.5, 0.6) is 0 Å². The van der Waals surface area contributed by atoms with Crippen molar-refractivity contribution in [1.82, 2.24) is 15.5 Å². The summed E-state index contributed by atoms with van der Waals surface area (Å²) in [5.74, 6) is -0.216. The summed E-state index contributed by atoms with van der Waals surface area (Å²) in [5, 5.41) is 5.93. The summed E-state index contributed by atoms with van der Waals surface area (Å²) in [6, 6.07) is -0.316. The summed E-state index contributed by atoms with van der Waals surface area (Å²) in [4.78, 5) is 38.1. The summed E-state index contributed by atoms with van der Waals surface area (Å²) in [6.45, 7) is 18.8. The molecule has 0 aromatic carbocycles. The van der Waals surface area contributed by atoms with Gasteiger partial charge in [-0.3, -0.25) is 4.79 Å². The lowest BCUT2D eigenvalue weighted by atomic mass is 9.92. The summed E-state index contributed by atoms with van der Waals surface area (Å²) in [6.07, 6.45) is 5.17. The second kappa shape index (κ2) is 14.7. The summed E-state index contributed by atoms with van der Waals surface area (Å²) in [7, 11) is 1.62. The number of likely N-dealkylation sites (N-methyl/N-ethyl adjacent to an activating group) is 1.